The molecule has 2 aromatic carbocycles. The minimum Gasteiger partial charge on any atom is -0.390 e. The fourth-order valence-corrected chi connectivity index (χ4v) is 3.97. The van der Waals surface area contributed by atoms with E-state index in [1.807, 2.05) is 48.7 Å². The lowest BCUT2D eigenvalue weighted by molar-refractivity contribution is 0.0956. The van der Waals surface area contributed by atoms with Gasteiger partial charge in [0, 0.05) is 23.7 Å². The smallest absolute Gasteiger partial charge is 0.258 e. The van der Waals surface area contributed by atoms with E-state index in [0.29, 0.717) is 18.5 Å². The Hall–Kier alpha value is -2.43. The summed E-state index contributed by atoms with van der Waals surface area (Å²) in [5.41, 5.74) is 2.05. The molecule has 0 aliphatic heterocycles. The summed E-state index contributed by atoms with van der Waals surface area (Å²) in [5, 5.41) is 12.5. The number of aromatic nitrogens is 1. The van der Waals surface area contributed by atoms with Crippen molar-refractivity contribution >= 4 is 10.8 Å². The lowest BCUT2D eigenvalue weighted by atomic mass is 10.0. The maximum atomic E-state index is 13.1. The molecule has 4 heteroatoms. The van der Waals surface area contributed by atoms with Crippen molar-refractivity contribution in [2.75, 3.05) is 19.6 Å². The minimum absolute atomic E-state index is 0.0435. The van der Waals surface area contributed by atoms with Crippen LogP contribution >= 0.6 is 0 Å². The number of rotatable bonds is 11. The van der Waals surface area contributed by atoms with E-state index in [-0.39, 0.29) is 5.56 Å². The van der Waals surface area contributed by atoms with Gasteiger partial charge in [0.25, 0.3) is 5.56 Å². The number of fused-ring (bicyclic) bond motifs is 1. The molecule has 1 heterocycles. The van der Waals surface area contributed by atoms with E-state index < -0.39 is 6.10 Å². The second kappa shape index (κ2) is 11.1. The Bertz CT molecular complexity index is 973. The van der Waals surface area contributed by atoms with Crippen LogP contribution in [0.3, 0.4) is 0 Å². The van der Waals surface area contributed by atoms with Crippen molar-refractivity contribution in [3.63, 3.8) is 0 Å². The van der Waals surface area contributed by atoms with Gasteiger partial charge in [-0.1, -0.05) is 75.2 Å². The predicted molar refractivity (Wildman–Crippen MR) is 126 cm³/mol. The second-order valence-electron chi connectivity index (χ2n) is 8.07. The molecule has 4 nitrogen and oxygen atoms in total. The van der Waals surface area contributed by atoms with Crippen LogP contribution < -0.4 is 5.56 Å². The van der Waals surface area contributed by atoms with Gasteiger partial charge in [0.15, 0.2) is 0 Å². The number of benzene rings is 2. The Labute approximate surface area is 179 Å². The summed E-state index contributed by atoms with van der Waals surface area (Å²) in [6.07, 6.45) is 5.87. The van der Waals surface area contributed by atoms with Crippen LogP contribution in [0.1, 0.15) is 39.5 Å². The first-order valence-electron chi connectivity index (χ1n) is 11.2. The van der Waals surface area contributed by atoms with E-state index in [2.05, 4.69) is 30.9 Å². The normalized spacial score (nSPS) is 12.5. The molecule has 30 heavy (non-hydrogen) atoms. The van der Waals surface area contributed by atoms with Gasteiger partial charge in [-0.05, 0) is 42.9 Å². The highest BCUT2D eigenvalue weighted by Gasteiger charge is 2.15. The fourth-order valence-electron chi connectivity index (χ4n) is 3.97. The molecule has 0 spiro atoms. The molecule has 0 fully saturated rings. The molecule has 0 aliphatic rings. The van der Waals surface area contributed by atoms with Crippen molar-refractivity contribution in [1.29, 1.82) is 0 Å². The van der Waals surface area contributed by atoms with Crippen LogP contribution in [0.5, 0.6) is 0 Å². The molecule has 0 saturated carbocycles. The average Bonchev–Trinajstić information content (AvgIpc) is 2.78. The molecule has 1 aromatic heterocycles. The van der Waals surface area contributed by atoms with Crippen LogP contribution in [-0.2, 0) is 6.54 Å². The van der Waals surface area contributed by atoms with Crippen LogP contribution in [0, 0.1) is 0 Å². The molecule has 3 rings (SSSR count). The van der Waals surface area contributed by atoms with E-state index >= 15 is 0 Å². The van der Waals surface area contributed by atoms with E-state index in [4.69, 9.17) is 0 Å². The number of unbranched alkanes of at least 4 members (excludes halogenated alkanes) is 2. The molecule has 1 atom stereocenters. The first-order valence-corrected chi connectivity index (χ1v) is 11.2. The molecule has 0 aliphatic carbocycles. The number of aliphatic hydroxyl groups excluding tert-OH is 1. The Morgan fingerprint density at radius 3 is 2.13 bits per heavy atom. The van der Waals surface area contributed by atoms with Crippen molar-refractivity contribution in [1.82, 2.24) is 9.47 Å². The summed E-state index contributed by atoms with van der Waals surface area (Å²) in [6.45, 7) is 7.27. The van der Waals surface area contributed by atoms with Crippen LogP contribution in [0.25, 0.3) is 21.9 Å². The van der Waals surface area contributed by atoms with Gasteiger partial charge in [0.05, 0.1) is 12.6 Å². The lowest BCUT2D eigenvalue weighted by Crippen LogP contribution is -2.38. The van der Waals surface area contributed by atoms with E-state index in [0.717, 1.165) is 55.3 Å². The highest BCUT2D eigenvalue weighted by atomic mass is 16.3. The summed E-state index contributed by atoms with van der Waals surface area (Å²) in [4.78, 5) is 15.5. The maximum Gasteiger partial charge on any atom is 0.258 e. The zero-order valence-electron chi connectivity index (χ0n) is 18.3. The third kappa shape index (κ3) is 5.59. The quantitative estimate of drug-likeness (QED) is 0.491. The summed E-state index contributed by atoms with van der Waals surface area (Å²) in [7, 11) is 0. The van der Waals surface area contributed by atoms with Gasteiger partial charge in [-0.3, -0.25) is 4.79 Å². The molecule has 1 unspecified atom stereocenters. The minimum atomic E-state index is -0.582. The zero-order valence-corrected chi connectivity index (χ0v) is 18.3. The fraction of sp³-hybridized carbons (Fsp3) is 0.423. The van der Waals surface area contributed by atoms with Crippen LogP contribution in [0.2, 0.25) is 0 Å². The van der Waals surface area contributed by atoms with Crippen LogP contribution in [0.15, 0.2) is 65.6 Å². The molecule has 160 valence electrons. The zero-order chi connectivity index (χ0) is 21.3. The third-order valence-electron chi connectivity index (χ3n) is 5.61. The average molecular weight is 407 g/mol. The Balaban J connectivity index is 1.88. The maximum absolute atomic E-state index is 13.1. The molecular formula is C26H34N2O2. The van der Waals surface area contributed by atoms with Crippen molar-refractivity contribution in [2.45, 2.75) is 52.2 Å². The molecular weight excluding hydrogens is 372 g/mol. The van der Waals surface area contributed by atoms with Gasteiger partial charge >= 0.3 is 0 Å². The van der Waals surface area contributed by atoms with Gasteiger partial charge in [0.2, 0.25) is 0 Å². The summed E-state index contributed by atoms with van der Waals surface area (Å²) >= 11 is 0. The number of pyridine rings is 1. The van der Waals surface area contributed by atoms with Gasteiger partial charge < -0.3 is 14.6 Å². The predicted octanol–water partition coefficient (Wildman–Crippen LogP) is 4.93. The molecule has 0 saturated heterocycles. The largest absolute Gasteiger partial charge is 0.390 e. The number of nitrogens with zero attached hydrogens (tertiary/aromatic N) is 2. The van der Waals surface area contributed by atoms with Crippen molar-refractivity contribution in [3.05, 3.63) is 71.1 Å². The molecule has 0 amide bonds. The Kier molecular flexibility index (Phi) is 8.23. The summed E-state index contributed by atoms with van der Waals surface area (Å²) < 4.78 is 1.69. The first kappa shape index (κ1) is 22.3. The Morgan fingerprint density at radius 1 is 0.900 bits per heavy atom. The van der Waals surface area contributed by atoms with Crippen molar-refractivity contribution < 1.29 is 5.11 Å². The highest BCUT2D eigenvalue weighted by Crippen LogP contribution is 2.26. The summed E-state index contributed by atoms with van der Waals surface area (Å²) in [6, 6.07) is 17.9. The first-order chi connectivity index (χ1) is 14.6. The van der Waals surface area contributed by atoms with Gasteiger partial charge in [-0.25, -0.2) is 0 Å². The van der Waals surface area contributed by atoms with Gasteiger partial charge in [-0.15, -0.1) is 0 Å². The van der Waals surface area contributed by atoms with E-state index in [1.54, 1.807) is 4.57 Å². The topological polar surface area (TPSA) is 45.5 Å². The van der Waals surface area contributed by atoms with E-state index in [9.17, 15) is 9.90 Å². The SMILES string of the molecule is CCCCN(CCCC)CC(O)Cn1cc(-c2ccccc2)c2ccccc2c1=O. The summed E-state index contributed by atoms with van der Waals surface area (Å²) in [5.74, 6) is 0. The molecule has 1 N–H and O–H groups in total. The van der Waals surface area contributed by atoms with Gasteiger partial charge in [-0.2, -0.15) is 0 Å². The van der Waals surface area contributed by atoms with Crippen LogP contribution in [0.4, 0.5) is 0 Å². The van der Waals surface area contributed by atoms with Crippen molar-refractivity contribution in [3.8, 4) is 11.1 Å². The highest BCUT2D eigenvalue weighted by molar-refractivity contribution is 5.95. The molecule has 0 radical (unpaired) electrons. The number of hydrogen-bond donors (Lipinski definition) is 1. The third-order valence-corrected chi connectivity index (χ3v) is 5.61. The standard InChI is InChI=1S/C26H34N2O2/c1-3-5-16-27(17-6-4-2)18-22(29)19-28-20-25(21-12-8-7-9-13-21)23-14-10-11-15-24(23)26(28)30/h7-15,20,22,29H,3-6,16-19H2,1-2H3. The van der Waals surface area contributed by atoms with E-state index in [1.165, 1.54) is 0 Å². The number of hydrogen-bond acceptors (Lipinski definition) is 3. The molecule has 0 bridgehead atoms. The van der Waals surface area contributed by atoms with Gasteiger partial charge in [0.1, 0.15) is 0 Å². The number of aliphatic hydroxyl groups is 1. The second-order valence-corrected chi connectivity index (χ2v) is 8.07. The van der Waals surface area contributed by atoms with Crippen LogP contribution in [-0.4, -0.2) is 40.3 Å². The monoisotopic (exact) mass is 406 g/mol. The lowest BCUT2D eigenvalue weighted by Gasteiger charge is -2.25. The molecule has 3 aromatic rings. The Morgan fingerprint density at radius 2 is 1.50 bits per heavy atom. The van der Waals surface area contributed by atoms with Crippen molar-refractivity contribution in [2.24, 2.45) is 0 Å².